The topological polar surface area (TPSA) is 66.0 Å². The normalized spacial score (nSPS) is 11.0. The summed E-state index contributed by atoms with van der Waals surface area (Å²) in [6.07, 6.45) is 0. The van der Waals surface area contributed by atoms with E-state index >= 15 is 0 Å². The van der Waals surface area contributed by atoms with Crippen LogP contribution in [-0.4, -0.2) is 21.0 Å². The third-order valence-corrected chi connectivity index (χ3v) is 4.15. The summed E-state index contributed by atoms with van der Waals surface area (Å²) in [7, 11) is 0. The van der Waals surface area contributed by atoms with Crippen molar-refractivity contribution in [3.05, 3.63) is 53.1 Å². The molecule has 4 nitrogen and oxygen atoms in total. The predicted molar refractivity (Wildman–Crippen MR) is 83.1 cm³/mol. The fourth-order valence-corrected chi connectivity index (χ4v) is 3.06. The average molecular weight is 298 g/mol. The molecule has 21 heavy (non-hydrogen) atoms. The summed E-state index contributed by atoms with van der Waals surface area (Å²) in [5.41, 5.74) is 4.23. The first-order valence-corrected chi connectivity index (χ1v) is 7.33. The van der Waals surface area contributed by atoms with Crippen LogP contribution >= 0.6 is 11.8 Å². The Morgan fingerprint density at radius 3 is 2.62 bits per heavy atom. The maximum Gasteiger partial charge on any atom is 0.336 e. The predicted octanol–water partition coefficient (Wildman–Crippen LogP) is 4.03. The van der Waals surface area contributed by atoms with Crippen molar-refractivity contribution in [2.45, 2.75) is 23.9 Å². The molecular formula is C16H14N2O2S. The molecule has 106 valence electrons. The molecule has 3 rings (SSSR count). The van der Waals surface area contributed by atoms with Crippen molar-refractivity contribution in [2.24, 2.45) is 0 Å². The van der Waals surface area contributed by atoms with Gasteiger partial charge in [0, 0.05) is 4.90 Å². The summed E-state index contributed by atoms with van der Waals surface area (Å²) in [5, 5.41) is 10.00. The van der Waals surface area contributed by atoms with Crippen LogP contribution in [0.5, 0.6) is 0 Å². The maximum absolute atomic E-state index is 11.3. The van der Waals surface area contributed by atoms with Gasteiger partial charge >= 0.3 is 5.97 Å². The summed E-state index contributed by atoms with van der Waals surface area (Å²) in [6, 6.07) is 11.4. The molecular weight excluding hydrogens is 284 g/mol. The Morgan fingerprint density at radius 2 is 1.86 bits per heavy atom. The Hall–Kier alpha value is -2.27. The van der Waals surface area contributed by atoms with Gasteiger partial charge in [-0.2, -0.15) is 0 Å². The van der Waals surface area contributed by atoms with Crippen molar-refractivity contribution < 1.29 is 9.90 Å². The van der Waals surface area contributed by atoms with Gasteiger partial charge in [0.15, 0.2) is 5.16 Å². The number of carboxylic acid groups (broad SMARTS) is 1. The van der Waals surface area contributed by atoms with Crippen molar-refractivity contribution in [3.8, 4) is 0 Å². The average Bonchev–Trinajstić information content (AvgIpc) is 2.82. The van der Waals surface area contributed by atoms with E-state index in [1.165, 1.54) is 11.8 Å². The van der Waals surface area contributed by atoms with E-state index in [1.807, 2.05) is 44.2 Å². The number of carboxylic acids is 1. The number of benzene rings is 2. The minimum Gasteiger partial charge on any atom is -0.478 e. The van der Waals surface area contributed by atoms with E-state index in [2.05, 4.69) is 9.97 Å². The molecule has 2 N–H and O–H groups in total. The fourth-order valence-electron chi connectivity index (χ4n) is 2.15. The van der Waals surface area contributed by atoms with E-state index in [0.717, 1.165) is 22.2 Å². The van der Waals surface area contributed by atoms with Gasteiger partial charge in [0.1, 0.15) is 0 Å². The Balaban J connectivity index is 2.00. The van der Waals surface area contributed by atoms with Gasteiger partial charge in [0.05, 0.1) is 16.6 Å². The van der Waals surface area contributed by atoms with Gasteiger partial charge in [-0.25, -0.2) is 9.78 Å². The first kappa shape index (κ1) is 13.7. The second-order valence-corrected chi connectivity index (χ2v) is 6.00. The molecule has 1 aromatic heterocycles. The van der Waals surface area contributed by atoms with Crippen LogP contribution in [0.15, 0.2) is 46.5 Å². The van der Waals surface area contributed by atoms with Crippen LogP contribution in [0.2, 0.25) is 0 Å². The molecule has 0 aliphatic carbocycles. The van der Waals surface area contributed by atoms with E-state index in [9.17, 15) is 9.90 Å². The van der Waals surface area contributed by atoms with Crippen molar-refractivity contribution >= 4 is 28.8 Å². The monoisotopic (exact) mass is 298 g/mol. The number of hydrogen-bond donors (Lipinski definition) is 2. The maximum atomic E-state index is 11.3. The fraction of sp³-hybridized carbons (Fsp3) is 0.125. The first-order chi connectivity index (χ1) is 10.0. The molecule has 5 heteroatoms. The number of nitrogens with one attached hydrogen (secondary N) is 1. The van der Waals surface area contributed by atoms with Crippen molar-refractivity contribution in [3.63, 3.8) is 0 Å². The lowest BCUT2D eigenvalue weighted by Crippen LogP contribution is -1.99. The molecule has 0 bridgehead atoms. The lowest BCUT2D eigenvalue weighted by molar-refractivity contribution is 0.0693. The smallest absolute Gasteiger partial charge is 0.336 e. The number of carbonyl (C=O) groups is 1. The highest BCUT2D eigenvalue weighted by Crippen LogP contribution is 2.30. The molecule has 0 saturated carbocycles. The summed E-state index contributed by atoms with van der Waals surface area (Å²) < 4.78 is 0. The number of H-pyrrole nitrogens is 1. The van der Waals surface area contributed by atoms with Crippen LogP contribution < -0.4 is 0 Å². The van der Waals surface area contributed by atoms with Crippen molar-refractivity contribution in [1.29, 1.82) is 0 Å². The Labute approximate surface area is 126 Å². The number of aromatic carboxylic acids is 1. The first-order valence-electron chi connectivity index (χ1n) is 6.51. The molecule has 0 amide bonds. The number of hydrogen-bond acceptors (Lipinski definition) is 3. The molecule has 0 aliphatic rings. The third-order valence-electron chi connectivity index (χ3n) is 3.19. The van der Waals surface area contributed by atoms with Crippen LogP contribution in [-0.2, 0) is 0 Å². The number of nitrogens with zero attached hydrogens (tertiary/aromatic N) is 1. The van der Waals surface area contributed by atoms with Gasteiger partial charge in [0.25, 0.3) is 0 Å². The van der Waals surface area contributed by atoms with Gasteiger partial charge in [0.2, 0.25) is 0 Å². The lowest BCUT2D eigenvalue weighted by Gasteiger charge is -2.04. The zero-order valence-corrected chi connectivity index (χ0v) is 12.5. The Morgan fingerprint density at radius 1 is 1.14 bits per heavy atom. The Bertz CT molecular complexity index is 839. The van der Waals surface area contributed by atoms with Crippen LogP contribution in [0, 0.1) is 13.8 Å². The number of aromatic amines is 1. The van der Waals surface area contributed by atoms with Crippen molar-refractivity contribution in [2.75, 3.05) is 0 Å². The highest BCUT2D eigenvalue weighted by molar-refractivity contribution is 7.99. The Kier molecular flexibility index (Phi) is 3.43. The summed E-state index contributed by atoms with van der Waals surface area (Å²) >= 11 is 1.34. The van der Waals surface area contributed by atoms with Crippen molar-refractivity contribution in [1.82, 2.24) is 9.97 Å². The SMILES string of the molecule is Cc1ccc(Sc2nc3ccc(C)cc3[nH]2)c(C(=O)O)c1. The molecule has 0 saturated heterocycles. The minimum atomic E-state index is -0.923. The third kappa shape index (κ3) is 2.78. The number of fused-ring (bicyclic) bond motifs is 1. The molecule has 3 aromatic rings. The summed E-state index contributed by atoms with van der Waals surface area (Å²) in [4.78, 5) is 19.7. The molecule has 2 aromatic carbocycles. The van der Waals surface area contributed by atoms with E-state index in [0.29, 0.717) is 15.6 Å². The van der Waals surface area contributed by atoms with Crippen LogP contribution in [0.25, 0.3) is 11.0 Å². The van der Waals surface area contributed by atoms with E-state index < -0.39 is 5.97 Å². The van der Waals surface area contributed by atoms with Gasteiger partial charge in [-0.1, -0.05) is 29.5 Å². The van der Waals surface area contributed by atoms with Crippen LogP contribution in [0.1, 0.15) is 21.5 Å². The number of aryl methyl sites for hydroxylation is 2. The molecule has 0 spiro atoms. The molecule has 0 unspecified atom stereocenters. The molecule has 1 heterocycles. The van der Waals surface area contributed by atoms with Gasteiger partial charge in [-0.15, -0.1) is 0 Å². The van der Waals surface area contributed by atoms with Gasteiger partial charge in [-0.05, 0) is 43.7 Å². The standard InChI is InChI=1S/C16H14N2O2S/c1-9-4-6-14(11(7-9)15(19)20)21-16-17-12-5-3-10(2)8-13(12)18-16/h3-8H,1-2H3,(H,17,18)(H,19,20). The number of imidazole rings is 1. The lowest BCUT2D eigenvalue weighted by atomic mass is 10.1. The van der Waals surface area contributed by atoms with E-state index in [-0.39, 0.29) is 0 Å². The molecule has 0 fully saturated rings. The molecule has 0 atom stereocenters. The van der Waals surface area contributed by atoms with E-state index in [1.54, 1.807) is 6.07 Å². The summed E-state index contributed by atoms with van der Waals surface area (Å²) in [6.45, 7) is 3.90. The second kappa shape index (κ2) is 5.26. The van der Waals surface area contributed by atoms with Crippen LogP contribution in [0.3, 0.4) is 0 Å². The van der Waals surface area contributed by atoms with Crippen LogP contribution in [0.4, 0.5) is 0 Å². The van der Waals surface area contributed by atoms with Gasteiger partial charge in [-0.3, -0.25) is 0 Å². The zero-order valence-electron chi connectivity index (χ0n) is 11.7. The zero-order chi connectivity index (χ0) is 15.0. The highest BCUT2D eigenvalue weighted by Gasteiger charge is 2.13. The highest BCUT2D eigenvalue weighted by atomic mass is 32.2. The minimum absolute atomic E-state index is 0.302. The molecule has 0 aliphatic heterocycles. The number of aromatic nitrogens is 2. The quantitative estimate of drug-likeness (QED) is 0.766. The van der Waals surface area contributed by atoms with E-state index in [4.69, 9.17) is 0 Å². The second-order valence-electron chi connectivity index (χ2n) is 4.97. The molecule has 0 radical (unpaired) electrons. The number of rotatable bonds is 3. The summed E-state index contributed by atoms with van der Waals surface area (Å²) in [5.74, 6) is -0.923. The van der Waals surface area contributed by atoms with Gasteiger partial charge < -0.3 is 10.1 Å². The largest absolute Gasteiger partial charge is 0.478 e.